The van der Waals surface area contributed by atoms with Gasteiger partial charge in [-0.3, -0.25) is 0 Å². The molecule has 2 heterocycles. The highest BCUT2D eigenvalue weighted by atomic mass is 16.7. The number of nitrogens with zero attached hydrogens (tertiary/aromatic N) is 1. The molecule has 0 aliphatic carbocycles. The molecule has 2 aliphatic rings. The third-order valence-electron chi connectivity index (χ3n) is 5.09. The molecule has 0 atom stereocenters. The van der Waals surface area contributed by atoms with Crippen LogP contribution in [-0.4, -0.2) is 41.0 Å². The predicted octanol–water partition coefficient (Wildman–Crippen LogP) is 2.02. The van der Waals surface area contributed by atoms with Crippen molar-refractivity contribution >= 4 is 18.7 Å². The second kappa shape index (κ2) is 5.00. The summed E-state index contributed by atoms with van der Waals surface area (Å²) >= 11 is 0. The lowest BCUT2D eigenvalue weighted by molar-refractivity contribution is 0.00578. The van der Waals surface area contributed by atoms with Gasteiger partial charge in [-0.05, 0) is 50.7 Å². The van der Waals surface area contributed by atoms with Crippen molar-refractivity contribution in [3.8, 4) is 0 Å². The van der Waals surface area contributed by atoms with Gasteiger partial charge in [0.05, 0.1) is 11.2 Å². The maximum Gasteiger partial charge on any atom is 0.495 e. The molecule has 0 aromatic heterocycles. The maximum atomic E-state index is 11.3. The van der Waals surface area contributed by atoms with Gasteiger partial charge in [-0.15, -0.1) is 0 Å². The fourth-order valence-corrected chi connectivity index (χ4v) is 2.96. The Morgan fingerprint density at radius 3 is 2.45 bits per heavy atom. The molecule has 118 valence electrons. The Hall–Kier alpha value is -1.53. The number of hydrogen-bond acceptors (Lipinski definition) is 3. The zero-order valence-corrected chi connectivity index (χ0v) is 13.5. The molecule has 0 saturated carbocycles. The Kier molecular flexibility index (Phi) is 3.49. The maximum absolute atomic E-state index is 11.3. The predicted molar refractivity (Wildman–Crippen MR) is 84.3 cm³/mol. The lowest BCUT2D eigenvalue weighted by atomic mass is 9.73. The van der Waals surface area contributed by atoms with Crippen molar-refractivity contribution in [3.63, 3.8) is 0 Å². The average molecular weight is 303 g/mol. The molecule has 1 N–H and O–H groups in total. The SMILES string of the molecule is CC1(C)OB(c2cccc3c2CN(C(=O)O)CC3)OC1(C)C. The van der Waals surface area contributed by atoms with Crippen LogP contribution >= 0.6 is 0 Å². The number of fused-ring (bicyclic) bond motifs is 1. The van der Waals surface area contributed by atoms with Gasteiger partial charge >= 0.3 is 13.2 Å². The smallest absolute Gasteiger partial charge is 0.465 e. The molecule has 3 rings (SSSR count). The van der Waals surface area contributed by atoms with Gasteiger partial charge in [0.15, 0.2) is 0 Å². The summed E-state index contributed by atoms with van der Waals surface area (Å²) in [5.74, 6) is 0. The minimum atomic E-state index is -0.880. The lowest BCUT2D eigenvalue weighted by Crippen LogP contribution is -2.43. The van der Waals surface area contributed by atoms with Gasteiger partial charge in [-0.2, -0.15) is 0 Å². The second-order valence-corrected chi connectivity index (χ2v) is 7.03. The Morgan fingerprint density at radius 1 is 1.23 bits per heavy atom. The van der Waals surface area contributed by atoms with E-state index in [-0.39, 0.29) is 0 Å². The average Bonchev–Trinajstić information content (AvgIpc) is 2.66. The Bertz CT molecular complexity index is 598. The quantitative estimate of drug-likeness (QED) is 0.806. The van der Waals surface area contributed by atoms with Gasteiger partial charge in [0.2, 0.25) is 0 Å². The topological polar surface area (TPSA) is 59.0 Å². The van der Waals surface area contributed by atoms with Crippen molar-refractivity contribution in [2.45, 2.75) is 51.9 Å². The van der Waals surface area contributed by atoms with Crippen molar-refractivity contribution in [1.29, 1.82) is 0 Å². The van der Waals surface area contributed by atoms with Gasteiger partial charge in [0, 0.05) is 13.1 Å². The van der Waals surface area contributed by atoms with Crippen LogP contribution in [0.2, 0.25) is 0 Å². The third kappa shape index (κ3) is 2.40. The Morgan fingerprint density at radius 2 is 1.86 bits per heavy atom. The van der Waals surface area contributed by atoms with Gasteiger partial charge in [-0.1, -0.05) is 18.2 Å². The van der Waals surface area contributed by atoms with Crippen LogP contribution in [0.5, 0.6) is 0 Å². The molecule has 1 fully saturated rings. The fraction of sp³-hybridized carbons (Fsp3) is 0.562. The molecule has 0 radical (unpaired) electrons. The minimum Gasteiger partial charge on any atom is -0.465 e. The summed E-state index contributed by atoms with van der Waals surface area (Å²) in [7, 11) is -0.450. The van der Waals surface area contributed by atoms with E-state index in [1.165, 1.54) is 10.5 Å². The molecule has 0 unspecified atom stereocenters. The van der Waals surface area contributed by atoms with E-state index in [2.05, 4.69) is 6.07 Å². The van der Waals surface area contributed by atoms with Crippen LogP contribution in [0.25, 0.3) is 0 Å². The summed E-state index contributed by atoms with van der Waals surface area (Å²) in [6.45, 7) is 9.01. The second-order valence-electron chi connectivity index (χ2n) is 7.03. The molecule has 22 heavy (non-hydrogen) atoms. The van der Waals surface area contributed by atoms with Crippen molar-refractivity contribution in [2.75, 3.05) is 6.54 Å². The highest BCUT2D eigenvalue weighted by Gasteiger charge is 2.52. The Balaban J connectivity index is 1.95. The molecular formula is C16H22BNO4. The number of rotatable bonds is 1. The summed E-state index contributed by atoms with van der Waals surface area (Å²) < 4.78 is 12.2. The first-order valence-corrected chi connectivity index (χ1v) is 7.65. The first kappa shape index (κ1) is 15.4. The van der Waals surface area contributed by atoms with Crippen LogP contribution in [0.1, 0.15) is 38.8 Å². The Labute approximate surface area is 131 Å². The lowest BCUT2D eigenvalue weighted by Gasteiger charge is -2.32. The van der Waals surface area contributed by atoms with Gasteiger partial charge < -0.3 is 19.3 Å². The van der Waals surface area contributed by atoms with Gasteiger partial charge in [0.25, 0.3) is 0 Å². The first-order valence-electron chi connectivity index (χ1n) is 7.65. The van der Waals surface area contributed by atoms with E-state index in [1.807, 2.05) is 39.8 Å². The first-order chi connectivity index (χ1) is 10.2. The number of carbonyl (C=O) groups is 1. The van der Waals surface area contributed by atoms with E-state index in [0.29, 0.717) is 13.1 Å². The fourth-order valence-electron chi connectivity index (χ4n) is 2.96. The number of amides is 1. The summed E-state index contributed by atoms with van der Waals surface area (Å²) in [5.41, 5.74) is 2.35. The van der Waals surface area contributed by atoms with E-state index in [4.69, 9.17) is 9.31 Å². The molecule has 2 aliphatic heterocycles. The molecule has 0 spiro atoms. The van der Waals surface area contributed by atoms with E-state index in [9.17, 15) is 9.90 Å². The molecule has 1 amide bonds. The summed E-state index contributed by atoms with van der Waals surface area (Å²) in [5, 5.41) is 9.25. The van der Waals surface area contributed by atoms with Crippen molar-refractivity contribution < 1.29 is 19.2 Å². The molecule has 5 nitrogen and oxygen atoms in total. The summed E-state index contributed by atoms with van der Waals surface area (Å²) in [4.78, 5) is 12.7. The van der Waals surface area contributed by atoms with E-state index in [0.717, 1.165) is 17.4 Å². The molecule has 1 saturated heterocycles. The normalized spacial score (nSPS) is 22.5. The molecule has 0 bridgehead atoms. The largest absolute Gasteiger partial charge is 0.495 e. The van der Waals surface area contributed by atoms with Crippen LogP contribution in [0, 0.1) is 0 Å². The summed E-state index contributed by atoms with van der Waals surface area (Å²) in [6.07, 6.45) is -0.149. The molecule has 6 heteroatoms. The number of benzene rings is 1. The van der Waals surface area contributed by atoms with Crippen LogP contribution in [-0.2, 0) is 22.3 Å². The minimum absolute atomic E-state index is 0.394. The number of carboxylic acid groups (broad SMARTS) is 1. The van der Waals surface area contributed by atoms with Crippen LogP contribution < -0.4 is 5.46 Å². The van der Waals surface area contributed by atoms with Crippen molar-refractivity contribution in [1.82, 2.24) is 4.90 Å². The van der Waals surface area contributed by atoms with Gasteiger partial charge in [0.1, 0.15) is 0 Å². The third-order valence-corrected chi connectivity index (χ3v) is 5.09. The standard InChI is InChI=1S/C16H22BNO4/c1-15(2)16(3,4)22-17(21-15)13-7-5-6-11-8-9-18(14(19)20)10-12(11)13/h5-7H,8-10H2,1-4H3,(H,19,20). The molecule has 1 aromatic rings. The monoisotopic (exact) mass is 303 g/mol. The van der Waals surface area contributed by atoms with Crippen molar-refractivity contribution in [2.24, 2.45) is 0 Å². The highest BCUT2D eigenvalue weighted by molar-refractivity contribution is 6.62. The van der Waals surface area contributed by atoms with E-state index < -0.39 is 24.4 Å². The van der Waals surface area contributed by atoms with E-state index in [1.54, 1.807) is 0 Å². The number of hydrogen-bond donors (Lipinski definition) is 1. The van der Waals surface area contributed by atoms with E-state index >= 15 is 0 Å². The van der Waals surface area contributed by atoms with Crippen LogP contribution in [0.15, 0.2) is 18.2 Å². The molecule has 1 aromatic carbocycles. The zero-order chi connectivity index (χ0) is 16.1. The van der Waals surface area contributed by atoms with Crippen LogP contribution in [0.3, 0.4) is 0 Å². The van der Waals surface area contributed by atoms with Crippen molar-refractivity contribution in [3.05, 3.63) is 29.3 Å². The molecular weight excluding hydrogens is 281 g/mol. The van der Waals surface area contributed by atoms with Gasteiger partial charge in [-0.25, -0.2) is 4.79 Å². The highest BCUT2D eigenvalue weighted by Crippen LogP contribution is 2.37. The zero-order valence-electron chi connectivity index (χ0n) is 13.5. The summed E-state index contributed by atoms with van der Waals surface area (Å²) in [6, 6.07) is 6.03. The van der Waals surface area contributed by atoms with Crippen LogP contribution in [0.4, 0.5) is 4.79 Å².